The van der Waals surface area contributed by atoms with Crippen LogP contribution in [0.4, 0.5) is 5.69 Å². The first-order valence-electron chi connectivity index (χ1n) is 11.7. The highest BCUT2D eigenvalue weighted by atomic mass is 16.5. The molecule has 0 fully saturated rings. The van der Waals surface area contributed by atoms with Gasteiger partial charge in [-0.25, -0.2) is 4.90 Å². The van der Waals surface area contributed by atoms with Crippen molar-refractivity contribution in [2.45, 2.75) is 25.7 Å². The number of benzene rings is 3. The lowest BCUT2D eigenvalue weighted by Crippen LogP contribution is -2.30. The number of ether oxygens (including phenoxy) is 1. The van der Waals surface area contributed by atoms with Gasteiger partial charge in [-0.1, -0.05) is 30.7 Å². The Bertz CT molecular complexity index is 1330. The van der Waals surface area contributed by atoms with Crippen LogP contribution in [-0.2, 0) is 4.79 Å². The van der Waals surface area contributed by atoms with Crippen LogP contribution in [0.15, 0.2) is 72.8 Å². The van der Waals surface area contributed by atoms with E-state index in [1.165, 1.54) is 4.90 Å². The SMILES string of the molecule is O=C(CCCCCN1C(=O)c2ccccc2C1=O)Oc1ccc(N2C(=O)c3ccccc3C2=O)cc1. The summed E-state index contributed by atoms with van der Waals surface area (Å²) in [5.41, 5.74) is 1.98. The number of hydrogen-bond donors (Lipinski definition) is 0. The van der Waals surface area contributed by atoms with Crippen molar-refractivity contribution in [2.75, 3.05) is 11.4 Å². The lowest BCUT2D eigenvalue weighted by Gasteiger charge is -2.14. The highest BCUT2D eigenvalue weighted by molar-refractivity contribution is 6.34. The van der Waals surface area contributed by atoms with Crippen molar-refractivity contribution in [3.63, 3.8) is 0 Å². The van der Waals surface area contributed by atoms with Gasteiger partial charge >= 0.3 is 5.97 Å². The summed E-state index contributed by atoms with van der Waals surface area (Å²) in [6.07, 6.45) is 1.98. The molecular formula is C28H22N2O6. The number of fused-ring (bicyclic) bond motifs is 2. The predicted molar refractivity (Wildman–Crippen MR) is 130 cm³/mol. The zero-order valence-corrected chi connectivity index (χ0v) is 19.3. The zero-order valence-electron chi connectivity index (χ0n) is 19.3. The van der Waals surface area contributed by atoms with Crippen molar-refractivity contribution in [2.24, 2.45) is 0 Å². The largest absolute Gasteiger partial charge is 0.427 e. The molecule has 180 valence electrons. The van der Waals surface area contributed by atoms with Gasteiger partial charge in [0.15, 0.2) is 0 Å². The minimum Gasteiger partial charge on any atom is -0.427 e. The molecule has 0 aliphatic carbocycles. The third-order valence-electron chi connectivity index (χ3n) is 6.26. The number of imide groups is 2. The van der Waals surface area contributed by atoms with E-state index >= 15 is 0 Å². The van der Waals surface area contributed by atoms with Crippen LogP contribution in [0.1, 0.15) is 67.1 Å². The maximum absolute atomic E-state index is 12.6. The molecule has 0 bridgehead atoms. The first kappa shape index (κ1) is 23.2. The summed E-state index contributed by atoms with van der Waals surface area (Å²) in [5.74, 6) is -1.43. The summed E-state index contributed by atoms with van der Waals surface area (Å²) in [6, 6.07) is 19.6. The number of carbonyl (C=O) groups is 5. The summed E-state index contributed by atoms with van der Waals surface area (Å²) in [6.45, 7) is 0.306. The standard InChI is InChI=1S/C28H22N2O6/c31-24(12-2-1-7-17-29-25(32)20-8-3-4-9-21(20)26(29)33)36-19-15-13-18(14-16-19)30-27(34)22-10-5-6-11-23(22)28(30)35/h3-6,8-11,13-16H,1-2,7,12,17H2. The molecule has 36 heavy (non-hydrogen) atoms. The molecule has 2 aliphatic heterocycles. The van der Waals surface area contributed by atoms with E-state index in [1.54, 1.807) is 72.8 Å². The van der Waals surface area contributed by atoms with E-state index < -0.39 is 5.97 Å². The minimum atomic E-state index is -0.413. The van der Waals surface area contributed by atoms with Gasteiger partial charge < -0.3 is 4.74 Å². The van der Waals surface area contributed by atoms with Gasteiger partial charge in [-0.05, 0) is 61.4 Å². The number of hydrogen-bond acceptors (Lipinski definition) is 6. The number of unbranched alkanes of at least 4 members (excludes halogenated alkanes) is 2. The lowest BCUT2D eigenvalue weighted by atomic mass is 10.1. The minimum absolute atomic E-state index is 0.183. The molecule has 3 aromatic rings. The quantitative estimate of drug-likeness (QED) is 0.206. The molecule has 0 spiro atoms. The molecule has 0 aromatic heterocycles. The average Bonchev–Trinajstić information content (AvgIpc) is 3.29. The Labute approximate surface area is 207 Å². The fourth-order valence-corrected chi connectivity index (χ4v) is 4.43. The predicted octanol–water partition coefficient (Wildman–Crippen LogP) is 4.25. The number of rotatable bonds is 8. The Hall–Kier alpha value is -4.59. The van der Waals surface area contributed by atoms with Crippen LogP contribution in [0.2, 0.25) is 0 Å². The van der Waals surface area contributed by atoms with Crippen LogP contribution in [0, 0.1) is 0 Å². The molecule has 0 unspecified atom stereocenters. The molecular weight excluding hydrogens is 460 g/mol. The highest BCUT2D eigenvalue weighted by Gasteiger charge is 2.36. The number of carbonyl (C=O) groups excluding carboxylic acids is 5. The molecule has 0 saturated carbocycles. The summed E-state index contributed by atoms with van der Waals surface area (Å²) in [4.78, 5) is 64.5. The molecule has 8 heteroatoms. The van der Waals surface area contributed by atoms with Crippen molar-refractivity contribution in [3.8, 4) is 5.75 Å². The Kier molecular flexibility index (Phi) is 6.16. The van der Waals surface area contributed by atoms with E-state index in [1.807, 2.05) is 0 Å². The number of anilines is 1. The Morgan fingerprint density at radius 2 is 1.11 bits per heavy atom. The first-order chi connectivity index (χ1) is 17.5. The van der Waals surface area contributed by atoms with Gasteiger partial charge in [0.1, 0.15) is 5.75 Å². The zero-order chi connectivity index (χ0) is 25.2. The van der Waals surface area contributed by atoms with Gasteiger partial charge in [-0.3, -0.25) is 28.9 Å². The van der Waals surface area contributed by atoms with Crippen LogP contribution in [0.3, 0.4) is 0 Å². The fraction of sp³-hybridized carbons (Fsp3) is 0.179. The topological polar surface area (TPSA) is 101 Å². The fourth-order valence-electron chi connectivity index (χ4n) is 4.43. The summed E-state index contributed by atoms with van der Waals surface area (Å²) < 4.78 is 5.36. The molecule has 2 aliphatic rings. The highest BCUT2D eigenvalue weighted by Crippen LogP contribution is 2.29. The van der Waals surface area contributed by atoms with Crippen LogP contribution < -0.4 is 9.64 Å². The second-order valence-electron chi connectivity index (χ2n) is 8.58. The molecule has 2 heterocycles. The molecule has 3 aromatic carbocycles. The van der Waals surface area contributed by atoms with Gasteiger partial charge in [0.25, 0.3) is 23.6 Å². The Morgan fingerprint density at radius 3 is 1.64 bits per heavy atom. The van der Waals surface area contributed by atoms with Crippen molar-refractivity contribution in [1.29, 1.82) is 0 Å². The Morgan fingerprint density at radius 1 is 0.611 bits per heavy atom. The number of amides is 4. The molecule has 0 N–H and O–H groups in total. The smallest absolute Gasteiger partial charge is 0.311 e. The van der Waals surface area contributed by atoms with E-state index in [4.69, 9.17) is 4.74 Å². The first-order valence-corrected chi connectivity index (χ1v) is 11.7. The second-order valence-corrected chi connectivity index (χ2v) is 8.58. The van der Waals surface area contributed by atoms with Crippen molar-refractivity contribution in [1.82, 2.24) is 4.90 Å². The number of esters is 1. The molecule has 4 amide bonds. The van der Waals surface area contributed by atoms with Gasteiger partial charge in [-0.15, -0.1) is 0 Å². The molecule has 0 radical (unpaired) electrons. The van der Waals surface area contributed by atoms with E-state index in [-0.39, 0.29) is 30.0 Å². The maximum Gasteiger partial charge on any atom is 0.311 e. The normalized spacial score (nSPS) is 14.3. The molecule has 5 rings (SSSR count). The van der Waals surface area contributed by atoms with Gasteiger partial charge in [0.2, 0.25) is 0 Å². The molecule has 0 saturated heterocycles. The monoisotopic (exact) mass is 482 g/mol. The van der Waals surface area contributed by atoms with Crippen LogP contribution >= 0.6 is 0 Å². The van der Waals surface area contributed by atoms with Crippen LogP contribution in [0.25, 0.3) is 0 Å². The summed E-state index contributed by atoms with van der Waals surface area (Å²) >= 11 is 0. The Balaban J connectivity index is 1.07. The molecule has 0 atom stereocenters. The van der Waals surface area contributed by atoms with Gasteiger partial charge in [0, 0.05) is 13.0 Å². The van der Waals surface area contributed by atoms with Crippen molar-refractivity contribution in [3.05, 3.63) is 95.1 Å². The lowest BCUT2D eigenvalue weighted by molar-refractivity contribution is -0.134. The second kappa shape index (κ2) is 9.58. The van der Waals surface area contributed by atoms with E-state index in [0.717, 1.165) is 4.90 Å². The van der Waals surface area contributed by atoms with Crippen molar-refractivity contribution >= 4 is 35.3 Å². The van der Waals surface area contributed by atoms with Crippen LogP contribution in [0.5, 0.6) is 5.75 Å². The number of nitrogens with zero attached hydrogens (tertiary/aromatic N) is 2. The summed E-state index contributed by atoms with van der Waals surface area (Å²) in [5, 5.41) is 0. The maximum atomic E-state index is 12.6. The third kappa shape index (κ3) is 4.17. The van der Waals surface area contributed by atoms with E-state index in [0.29, 0.717) is 59.5 Å². The van der Waals surface area contributed by atoms with Crippen molar-refractivity contribution < 1.29 is 28.7 Å². The third-order valence-corrected chi connectivity index (χ3v) is 6.26. The molecule has 8 nitrogen and oxygen atoms in total. The summed E-state index contributed by atoms with van der Waals surface area (Å²) in [7, 11) is 0. The van der Waals surface area contributed by atoms with E-state index in [2.05, 4.69) is 0 Å². The van der Waals surface area contributed by atoms with Gasteiger partial charge in [-0.2, -0.15) is 0 Å². The van der Waals surface area contributed by atoms with Gasteiger partial charge in [0.05, 0.1) is 27.9 Å². The van der Waals surface area contributed by atoms with E-state index in [9.17, 15) is 24.0 Å². The average molecular weight is 482 g/mol. The van der Waals surface area contributed by atoms with Crippen LogP contribution in [-0.4, -0.2) is 41.0 Å².